The molecule has 2 heterocycles. The summed E-state index contributed by atoms with van der Waals surface area (Å²) < 4.78 is 0.541. The van der Waals surface area contributed by atoms with Crippen molar-refractivity contribution in [3.63, 3.8) is 0 Å². The fourth-order valence-electron chi connectivity index (χ4n) is 4.05. The maximum absolute atomic E-state index is 13.3. The third-order valence-corrected chi connectivity index (χ3v) is 6.56. The molecule has 0 radical (unpaired) electrons. The monoisotopic (exact) mass is 446 g/mol. The smallest absolute Gasteiger partial charge is 0.196 e. The fraction of sp³-hybridized carbons (Fsp3) is 0.115. The highest BCUT2D eigenvalue weighted by Crippen LogP contribution is 2.39. The number of fused-ring (bicyclic) bond motifs is 1. The summed E-state index contributed by atoms with van der Waals surface area (Å²) in [5.74, 6) is -0.0110. The number of nitrogen functional groups attached to an aromatic ring is 1. The van der Waals surface area contributed by atoms with Crippen molar-refractivity contribution < 1.29 is 21.7 Å². The zero-order valence-corrected chi connectivity index (χ0v) is 18.7. The molecular formula is C26H23ClN2OS. The van der Waals surface area contributed by atoms with Crippen molar-refractivity contribution in [3.8, 4) is 11.1 Å². The molecule has 156 valence electrons. The van der Waals surface area contributed by atoms with Crippen molar-refractivity contribution >= 4 is 22.1 Å². The summed E-state index contributed by atoms with van der Waals surface area (Å²) in [4.78, 5) is 14.4. The lowest BCUT2D eigenvalue weighted by molar-refractivity contribution is -0.843. The normalized spacial score (nSPS) is 16.8. The molecule has 0 spiro atoms. The van der Waals surface area contributed by atoms with Gasteiger partial charge in [-0.2, -0.15) is 0 Å². The third kappa shape index (κ3) is 4.35. The van der Waals surface area contributed by atoms with Gasteiger partial charge in [0.15, 0.2) is 5.78 Å². The summed E-state index contributed by atoms with van der Waals surface area (Å²) in [5.41, 5.74) is 16.7. The van der Waals surface area contributed by atoms with Gasteiger partial charge in [0.25, 0.3) is 0 Å². The van der Waals surface area contributed by atoms with E-state index < -0.39 is 0 Å². The number of hydrogen-bond acceptors (Lipinski definition) is 3. The van der Waals surface area contributed by atoms with Crippen LogP contribution in [-0.2, 0) is 13.0 Å². The number of carbonyl (C=O) groups excluding carboxylic acids is 1. The quantitative estimate of drug-likeness (QED) is 0.372. The zero-order chi connectivity index (χ0) is 21.1. The van der Waals surface area contributed by atoms with E-state index >= 15 is 0 Å². The number of quaternary nitrogens is 1. The van der Waals surface area contributed by atoms with Crippen molar-refractivity contribution in [2.45, 2.75) is 13.0 Å². The molecule has 0 fully saturated rings. The molecule has 0 saturated carbocycles. The molecule has 0 bridgehead atoms. The van der Waals surface area contributed by atoms with Crippen LogP contribution in [0.4, 0.5) is 5.00 Å². The number of halogens is 1. The maximum Gasteiger partial charge on any atom is 0.196 e. The molecular weight excluding hydrogens is 424 g/mol. The Morgan fingerprint density at radius 2 is 1.61 bits per heavy atom. The van der Waals surface area contributed by atoms with Crippen LogP contribution in [-0.4, -0.2) is 16.8 Å². The minimum Gasteiger partial charge on any atom is -1.00 e. The summed E-state index contributed by atoms with van der Waals surface area (Å²) in [6, 6.07) is 17.9. The van der Waals surface area contributed by atoms with Crippen LogP contribution in [0.25, 0.3) is 11.1 Å². The van der Waals surface area contributed by atoms with Crippen LogP contribution in [0.15, 0.2) is 91.6 Å². The van der Waals surface area contributed by atoms with Gasteiger partial charge in [0.1, 0.15) is 18.9 Å². The van der Waals surface area contributed by atoms with Crippen LogP contribution < -0.4 is 18.1 Å². The molecule has 4 rings (SSSR count). The number of carbonyl (C=O) groups is 1. The Bertz CT molecular complexity index is 1180. The van der Waals surface area contributed by atoms with Crippen molar-refractivity contribution in [1.82, 2.24) is 0 Å². The predicted octanol–water partition coefficient (Wildman–Crippen LogP) is 2.70. The van der Waals surface area contributed by atoms with Crippen LogP contribution in [0, 0.1) is 0 Å². The summed E-state index contributed by atoms with van der Waals surface area (Å²) in [7, 11) is 0. The van der Waals surface area contributed by atoms with Crippen LogP contribution >= 0.6 is 11.3 Å². The molecule has 1 aromatic heterocycles. The van der Waals surface area contributed by atoms with Crippen LogP contribution in [0.3, 0.4) is 0 Å². The average Bonchev–Trinajstić information content (AvgIpc) is 3.09. The Balaban J connectivity index is 0.00000272. The van der Waals surface area contributed by atoms with E-state index in [9.17, 15) is 4.79 Å². The van der Waals surface area contributed by atoms with E-state index in [1.54, 1.807) is 0 Å². The number of nitrogens with zero attached hydrogens (tertiary/aromatic N) is 1. The lowest BCUT2D eigenvalue weighted by Gasteiger charge is -2.32. The zero-order valence-electron chi connectivity index (χ0n) is 17.1. The third-order valence-electron chi connectivity index (χ3n) is 5.51. The summed E-state index contributed by atoms with van der Waals surface area (Å²) in [5, 5.41) is 0.585. The van der Waals surface area contributed by atoms with E-state index in [0.29, 0.717) is 27.2 Å². The number of nitrogens with two attached hydrogens (primary N) is 1. The molecule has 2 aromatic carbocycles. The summed E-state index contributed by atoms with van der Waals surface area (Å²) in [6.45, 7) is 8.93. The van der Waals surface area contributed by atoms with E-state index in [1.807, 2.05) is 54.9 Å². The minimum atomic E-state index is -0.0110. The fourth-order valence-corrected chi connectivity index (χ4v) is 5.27. The lowest BCUT2D eigenvalue weighted by Crippen LogP contribution is -3.00. The molecule has 0 atom stereocenters. The molecule has 0 saturated heterocycles. The van der Waals surface area contributed by atoms with Gasteiger partial charge in [-0.3, -0.25) is 9.28 Å². The van der Waals surface area contributed by atoms with E-state index in [-0.39, 0.29) is 18.2 Å². The molecule has 3 nitrogen and oxygen atoms in total. The first-order chi connectivity index (χ1) is 14.6. The first-order valence-electron chi connectivity index (χ1n) is 9.77. The Labute approximate surface area is 193 Å². The van der Waals surface area contributed by atoms with Crippen LogP contribution in [0.1, 0.15) is 26.4 Å². The first-order valence-corrected chi connectivity index (χ1v) is 10.6. The molecule has 0 amide bonds. The highest BCUT2D eigenvalue weighted by Gasteiger charge is 2.35. The van der Waals surface area contributed by atoms with Crippen molar-refractivity contribution in [2.75, 3.05) is 12.3 Å². The van der Waals surface area contributed by atoms with E-state index in [1.165, 1.54) is 11.3 Å². The Morgan fingerprint density at radius 3 is 2.23 bits per heavy atom. The number of anilines is 1. The number of rotatable bonds is 5. The van der Waals surface area contributed by atoms with Gasteiger partial charge >= 0.3 is 0 Å². The maximum atomic E-state index is 13.3. The van der Waals surface area contributed by atoms with Crippen molar-refractivity contribution in [1.29, 1.82) is 0 Å². The number of hydrogen-bond donors (Lipinski definition) is 1. The van der Waals surface area contributed by atoms with Gasteiger partial charge in [0, 0.05) is 12.0 Å². The first kappa shape index (κ1) is 22.6. The van der Waals surface area contributed by atoms with Crippen molar-refractivity contribution in [3.05, 3.63) is 113 Å². The van der Waals surface area contributed by atoms with Gasteiger partial charge in [-0.1, -0.05) is 79.2 Å². The van der Waals surface area contributed by atoms with Gasteiger partial charge in [0.2, 0.25) is 0 Å². The molecule has 2 N–H and O–H groups in total. The van der Waals surface area contributed by atoms with Crippen LogP contribution in [0.5, 0.6) is 0 Å². The average molecular weight is 447 g/mol. The van der Waals surface area contributed by atoms with Crippen molar-refractivity contribution in [2.24, 2.45) is 0 Å². The van der Waals surface area contributed by atoms with Crippen LogP contribution in [0.2, 0.25) is 0 Å². The second-order valence-corrected chi connectivity index (χ2v) is 8.55. The molecule has 31 heavy (non-hydrogen) atoms. The Kier molecular flexibility index (Phi) is 6.82. The summed E-state index contributed by atoms with van der Waals surface area (Å²) >= 11 is 1.50. The highest BCUT2D eigenvalue weighted by molar-refractivity contribution is 7.16. The van der Waals surface area contributed by atoms with E-state index in [2.05, 4.69) is 36.8 Å². The molecule has 0 aliphatic carbocycles. The van der Waals surface area contributed by atoms with Gasteiger partial charge in [-0.15, -0.1) is 11.3 Å². The predicted molar refractivity (Wildman–Crippen MR) is 124 cm³/mol. The molecule has 0 unspecified atom stereocenters. The molecule has 1 aliphatic rings. The van der Waals surface area contributed by atoms with Gasteiger partial charge in [-0.25, -0.2) is 0 Å². The number of benzene rings is 2. The van der Waals surface area contributed by atoms with Gasteiger partial charge in [0.05, 0.1) is 22.0 Å². The summed E-state index contributed by atoms with van der Waals surface area (Å²) in [6.07, 6.45) is 4.59. The molecule has 3 aromatic rings. The Hall–Kier alpha value is -3.10. The standard InChI is InChI=1S/C26H22N2OS.ClH/c1-3-15-28(16-4-2)17-14-22-23(18-28)30-26(27)24(22)25(29)21-12-10-20(11-13-21)19-8-6-5-7-9-19;/h5-13,15-16H,1-2,14,17-18H2,(H-,27,29);1H. The minimum absolute atomic E-state index is 0. The molecule has 5 heteroatoms. The van der Waals surface area contributed by atoms with E-state index in [0.717, 1.165) is 34.5 Å². The lowest BCUT2D eigenvalue weighted by atomic mass is 9.94. The number of thiophene rings is 1. The number of ketones is 1. The topological polar surface area (TPSA) is 43.1 Å². The SMILES string of the molecule is C=C=C[N+]1(C=C=C)CCc2c(sc(N)c2C(=O)c2ccc(-c3ccccc3)cc2)C1.[Cl-]. The highest BCUT2D eigenvalue weighted by atomic mass is 35.5. The second kappa shape index (κ2) is 9.36. The molecule has 1 aliphatic heterocycles. The Morgan fingerprint density at radius 1 is 1.00 bits per heavy atom. The van der Waals surface area contributed by atoms with Gasteiger partial charge in [-0.05, 0) is 16.7 Å². The largest absolute Gasteiger partial charge is 1.00 e. The van der Waals surface area contributed by atoms with E-state index in [4.69, 9.17) is 5.73 Å². The second-order valence-electron chi connectivity index (χ2n) is 7.42. The van der Waals surface area contributed by atoms with Gasteiger partial charge < -0.3 is 18.1 Å².